The van der Waals surface area contributed by atoms with Crippen LogP contribution in [0.2, 0.25) is 5.02 Å². The SMILES string of the molecule is FC(F)(F)c1ccc(C2CNCCO2)c(Cl)c1. The van der Waals surface area contributed by atoms with Crippen molar-refractivity contribution in [1.82, 2.24) is 5.32 Å². The highest BCUT2D eigenvalue weighted by atomic mass is 35.5. The summed E-state index contributed by atoms with van der Waals surface area (Å²) < 4.78 is 42.8. The zero-order valence-corrected chi connectivity index (χ0v) is 9.61. The Morgan fingerprint density at radius 2 is 2.12 bits per heavy atom. The Labute approximate surface area is 102 Å². The molecule has 1 aliphatic rings. The fourth-order valence-electron chi connectivity index (χ4n) is 1.73. The van der Waals surface area contributed by atoms with Crippen LogP contribution in [0.5, 0.6) is 0 Å². The summed E-state index contributed by atoms with van der Waals surface area (Å²) in [6.45, 7) is 1.84. The quantitative estimate of drug-likeness (QED) is 0.843. The first-order valence-electron chi connectivity index (χ1n) is 5.17. The number of nitrogens with one attached hydrogen (secondary N) is 1. The molecule has 1 N–H and O–H groups in total. The normalized spacial score (nSPS) is 21.5. The van der Waals surface area contributed by atoms with Crippen molar-refractivity contribution in [3.8, 4) is 0 Å². The molecule has 1 aliphatic heterocycles. The standard InChI is InChI=1S/C11H11ClF3NO/c12-9-5-7(11(13,14)15)1-2-8(9)10-6-16-3-4-17-10/h1-2,5,10,16H,3-4,6H2. The van der Waals surface area contributed by atoms with E-state index in [1.165, 1.54) is 6.07 Å². The first-order valence-corrected chi connectivity index (χ1v) is 5.55. The maximum Gasteiger partial charge on any atom is 0.416 e. The lowest BCUT2D eigenvalue weighted by atomic mass is 10.1. The summed E-state index contributed by atoms with van der Waals surface area (Å²) in [6, 6.07) is 3.34. The lowest BCUT2D eigenvalue weighted by molar-refractivity contribution is -0.137. The molecule has 0 amide bonds. The van der Waals surface area contributed by atoms with Crippen molar-refractivity contribution < 1.29 is 17.9 Å². The van der Waals surface area contributed by atoms with Gasteiger partial charge >= 0.3 is 6.18 Å². The van der Waals surface area contributed by atoms with Crippen molar-refractivity contribution in [2.45, 2.75) is 12.3 Å². The Morgan fingerprint density at radius 3 is 2.65 bits per heavy atom. The molecule has 0 aliphatic carbocycles. The predicted molar refractivity (Wildman–Crippen MR) is 58.0 cm³/mol. The highest BCUT2D eigenvalue weighted by molar-refractivity contribution is 6.31. The fraction of sp³-hybridized carbons (Fsp3) is 0.455. The van der Waals surface area contributed by atoms with Gasteiger partial charge in [-0.15, -0.1) is 0 Å². The third-order valence-corrected chi connectivity index (χ3v) is 2.93. The van der Waals surface area contributed by atoms with Crippen LogP contribution in [0.4, 0.5) is 13.2 Å². The molecule has 6 heteroatoms. The molecule has 1 saturated heterocycles. The van der Waals surface area contributed by atoms with Gasteiger partial charge in [0.25, 0.3) is 0 Å². The zero-order valence-electron chi connectivity index (χ0n) is 8.85. The number of rotatable bonds is 1. The van der Waals surface area contributed by atoms with E-state index in [0.29, 0.717) is 18.7 Å². The van der Waals surface area contributed by atoms with Gasteiger partial charge in [-0.25, -0.2) is 0 Å². The van der Waals surface area contributed by atoms with E-state index in [1.807, 2.05) is 0 Å². The van der Waals surface area contributed by atoms with E-state index in [9.17, 15) is 13.2 Å². The van der Waals surface area contributed by atoms with Crippen LogP contribution in [0.1, 0.15) is 17.2 Å². The highest BCUT2D eigenvalue weighted by Crippen LogP contribution is 2.34. The second-order valence-electron chi connectivity index (χ2n) is 3.80. The van der Waals surface area contributed by atoms with E-state index in [2.05, 4.69) is 5.32 Å². The van der Waals surface area contributed by atoms with Gasteiger partial charge in [0.1, 0.15) is 0 Å². The minimum atomic E-state index is -4.37. The molecule has 2 rings (SSSR count). The van der Waals surface area contributed by atoms with Gasteiger partial charge in [-0.1, -0.05) is 17.7 Å². The average molecular weight is 266 g/mol. The van der Waals surface area contributed by atoms with Crippen molar-refractivity contribution >= 4 is 11.6 Å². The largest absolute Gasteiger partial charge is 0.416 e. The zero-order chi connectivity index (χ0) is 12.5. The molecule has 0 spiro atoms. The van der Waals surface area contributed by atoms with Crippen molar-refractivity contribution in [2.24, 2.45) is 0 Å². The summed E-state index contributed by atoms with van der Waals surface area (Å²) in [5.41, 5.74) is -0.151. The van der Waals surface area contributed by atoms with E-state index >= 15 is 0 Å². The van der Waals surface area contributed by atoms with Gasteiger partial charge in [0, 0.05) is 23.7 Å². The minimum absolute atomic E-state index is 0.0912. The Kier molecular flexibility index (Phi) is 3.61. The van der Waals surface area contributed by atoms with E-state index in [1.54, 1.807) is 0 Å². The van der Waals surface area contributed by atoms with Crippen LogP contribution in [0.25, 0.3) is 0 Å². The van der Waals surface area contributed by atoms with Gasteiger partial charge in [0.2, 0.25) is 0 Å². The maximum absolute atomic E-state index is 12.4. The van der Waals surface area contributed by atoms with Crippen LogP contribution < -0.4 is 5.32 Å². The summed E-state index contributed by atoms with van der Waals surface area (Å²) in [6.07, 6.45) is -4.65. The summed E-state index contributed by atoms with van der Waals surface area (Å²) >= 11 is 5.86. The third kappa shape index (κ3) is 2.91. The van der Waals surface area contributed by atoms with Crippen LogP contribution in [-0.2, 0) is 10.9 Å². The Morgan fingerprint density at radius 1 is 1.35 bits per heavy atom. The van der Waals surface area contributed by atoms with Crippen LogP contribution in [0.3, 0.4) is 0 Å². The van der Waals surface area contributed by atoms with Gasteiger partial charge in [-0.2, -0.15) is 13.2 Å². The first-order chi connectivity index (χ1) is 7.98. The predicted octanol–water partition coefficient (Wildman–Crippen LogP) is 3.02. The van der Waals surface area contributed by atoms with E-state index in [0.717, 1.165) is 18.7 Å². The molecule has 0 bridgehead atoms. The molecule has 1 unspecified atom stereocenters. The molecular weight excluding hydrogens is 255 g/mol. The Hall–Kier alpha value is -0.780. The molecule has 0 radical (unpaired) electrons. The number of morpholine rings is 1. The van der Waals surface area contributed by atoms with E-state index in [4.69, 9.17) is 16.3 Å². The first kappa shape index (κ1) is 12.7. The van der Waals surface area contributed by atoms with Crippen LogP contribution in [0.15, 0.2) is 18.2 Å². The number of alkyl halides is 3. The maximum atomic E-state index is 12.4. The monoisotopic (exact) mass is 265 g/mol. The Balaban J connectivity index is 2.25. The molecule has 0 aromatic heterocycles. The van der Waals surface area contributed by atoms with E-state index < -0.39 is 11.7 Å². The molecule has 94 valence electrons. The van der Waals surface area contributed by atoms with Gasteiger partial charge in [-0.3, -0.25) is 0 Å². The molecule has 1 fully saturated rings. The van der Waals surface area contributed by atoms with Crippen molar-refractivity contribution in [3.05, 3.63) is 34.3 Å². The minimum Gasteiger partial charge on any atom is -0.371 e. The molecule has 2 nitrogen and oxygen atoms in total. The second kappa shape index (κ2) is 4.84. The summed E-state index contributed by atoms with van der Waals surface area (Å²) in [4.78, 5) is 0. The molecule has 1 heterocycles. The van der Waals surface area contributed by atoms with Gasteiger partial charge in [0.05, 0.1) is 18.3 Å². The van der Waals surface area contributed by atoms with Crippen molar-refractivity contribution in [1.29, 1.82) is 0 Å². The molecule has 0 saturated carbocycles. The number of hydrogen-bond acceptors (Lipinski definition) is 2. The number of halogens is 4. The molecule has 1 atom stereocenters. The van der Waals surface area contributed by atoms with Crippen LogP contribution >= 0.6 is 11.6 Å². The smallest absolute Gasteiger partial charge is 0.371 e. The molecular formula is C11H11ClF3NO. The molecule has 17 heavy (non-hydrogen) atoms. The highest BCUT2D eigenvalue weighted by Gasteiger charge is 2.31. The second-order valence-corrected chi connectivity index (χ2v) is 4.20. The van der Waals surface area contributed by atoms with E-state index in [-0.39, 0.29) is 11.1 Å². The van der Waals surface area contributed by atoms with Crippen LogP contribution in [0, 0.1) is 0 Å². The summed E-state index contributed by atoms with van der Waals surface area (Å²) in [5.74, 6) is 0. The van der Waals surface area contributed by atoms with Gasteiger partial charge < -0.3 is 10.1 Å². The summed E-state index contributed by atoms with van der Waals surface area (Å²) in [5, 5.41) is 3.19. The summed E-state index contributed by atoms with van der Waals surface area (Å²) in [7, 11) is 0. The number of hydrogen-bond donors (Lipinski definition) is 1. The van der Waals surface area contributed by atoms with Crippen LogP contribution in [-0.4, -0.2) is 19.7 Å². The lowest BCUT2D eigenvalue weighted by Gasteiger charge is -2.25. The number of ether oxygens (including phenoxy) is 1. The lowest BCUT2D eigenvalue weighted by Crippen LogP contribution is -2.33. The van der Waals surface area contributed by atoms with Crippen molar-refractivity contribution in [2.75, 3.05) is 19.7 Å². The fourth-order valence-corrected chi connectivity index (χ4v) is 2.03. The third-order valence-electron chi connectivity index (χ3n) is 2.60. The Bertz CT molecular complexity index is 402. The molecule has 1 aromatic carbocycles. The van der Waals surface area contributed by atoms with Crippen molar-refractivity contribution in [3.63, 3.8) is 0 Å². The average Bonchev–Trinajstić information content (AvgIpc) is 2.29. The topological polar surface area (TPSA) is 21.3 Å². The molecule has 1 aromatic rings. The number of benzene rings is 1. The van der Waals surface area contributed by atoms with Gasteiger partial charge in [-0.05, 0) is 12.1 Å². The van der Waals surface area contributed by atoms with Gasteiger partial charge in [0.15, 0.2) is 0 Å².